The Labute approximate surface area is 102 Å². The standard InChI is InChI=1S/C13H30N2O/c1-11(2)15(6)9-8-14-12(3)10-13(4,5)16-7/h11-12,14H,8-10H2,1-7H3. The molecular weight excluding hydrogens is 200 g/mol. The van der Waals surface area contributed by atoms with Crippen LogP contribution in [0.1, 0.15) is 41.0 Å². The molecule has 0 aromatic rings. The molecule has 98 valence electrons. The summed E-state index contributed by atoms with van der Waals surface area (Å²) in [6.45, 7) is 13.0. The van der Waals surface area contributed by atoms with Crippen LogP contribution in [0.3, 0.4) is 0 Å². The number of hydrogen-bond donors (Lipinski definition) is 1. The molecule has 0 aliphatic rings. The van der Waals surface area contributed by atoms with Crippen LogP contribution in [0.25, 0.3) is 0 Å². The highest BCUT2D eigenvalue weighted by Crippen LogP contribution is 2.15. The summed E-state index contributed by atoms with van der Waals surface area (Å²) in [4.78, 5) is 2.35. The van der Waals surface area contributed by atoms with Crippen LogP contribution in [-0.4, -0.2) is 49.8 Å². The zero-order chi connectivity index (χ0) is 12.8. The third-order valence-electron chi connectivity index (χ3n) is 3.19. The highest BCUT2D eigenvalue weighted by Gasteiger charge is 2.19. The molecule has 0 aromatic carbocycles. The van der Waals surface area contributed by atoms with E-state index in [1.807, 2.05) is 0 Å². The van der Waals surface area contributed by atoms with E-state index >= 15 is 0 Å². The maximum absolute atomic E-state index is 5.42. The summed E-state index contributed by atoms with van der Waals surface area (Å²) in [5.41, 5.74) is -0.0314. The van der Waals surface area contributed by atoms with Crippen molar-refractivity contribution in [1.29, 1.82) is 0 Å². The number of hydrogen-bond acceptors (Lipinski definition) is 3. The third-order valence-corrected chi connectivity index (χ3v) is 3.19. The van der Waals surface area contributed by atoms with Crippen LogP contribution in [0.2, 0.25) is 0 Å². The fraction of sp³-hybridized carbons (Fsp3) is 1.00. The Morgan fingerprint density at radius 3 is 2.25 bits per heavy atom. The molecule has 0 aliphatic carbocycles. The van der Waals surface area contributed by atoms with Crippen molar-refractivity contribution in [2.45, 2.75) is 58.7 Å². The van der Waals surface area contributed by atoms with Gasteiger partial charge in [0.1, 0.15) is 0 Å². The summed E-state index contributed by atoms with van der Waals surface area (Å²) in [6.07, 6.45) is 1.04. The third kappa shape index (κ3) is 7.20. The van der Waals surface area contributed by atoms with Gasteiger partial charge in [0.15, 0.2) is 0 Å². The number of methoxy groups -OCH3 is 1. The van der Waals surface area contributed by atoms with Gasteiger partial charge < -0.3 is 15.0 Å². The molecule has 3 heteroatoms. The predicted molar refractivity (Wildman–Crippen MR) is 70.9 cm³/mol. The number of ether oxygens (including phenoxy) is 1. The molecule has 0 spiro atoms. The van der Waals surface area contributed by atoms with E-state index < -0.39 is 0 Å². The van der Waals surface area contributed by atoms with Gasteiger partial charge in [-0.15, -0.1) is 0 Å². The van der Waals surface area contributed by atoms with E-state index in [1.165, 1.54) is 0 Å². The van der Waals surface area contributed by atoms with Crippen LogP contribution < -0.4 is 5.32 Å². The first-order valence-electron chi connectivity index (χ1n) is 6.27. The van der Waals surface area contributed by atoms with Gasteiger partial charge in [-0.25, -0.2) is 0 Å². The summed E-state index contributed by atoms with van der Waals surface area (Å²) in [6, 6.07) is 1.11. The first-order valence-corrected chi connectivity index (χ1v) is 6.27. The Kier molecular flexibility index (Phi) is 7.20. The highest BCUT2D eigenvalue weighted by molar-refractivity contribution is 4.75. The van der Waals surface area contributed by atoms with Crippen molar-refractivity contribution >= 4 is 0 Å². The Morgan fingerprint density at radius 1 is 1.25 bits per heavy atom. The fourth-order valence-corrected chi connectivity index (χ4v) is 1.64. The molecule has 0 fully saturated rings. The molecule has 0 saturated carbocycles. The monoisotopic (exact) mass is 230 g/mol. The minimum Gasteiger partial charge on any atom is -0.379 e. The van der Waals surface area contributed by atoms with Gasteiger partial charge in [-0.1, -0.05) is 0 Å². The second kappa shape index (κ2) is 7.25. The maximum Gasteiger partial charge on any atom is 0.0637 e. The van der Waals surface area contributed by atoms with Gasteiger partial charge in [-0.3, -0.25) is 0 Å². The van der Waals surface area contributed by atoms with E-state index in [2.05, 4.69) is 51.9 Å². The molecule has 0 amide bonds. The fourth-order valence-electron chi connectivity index (χ4n) is 1.64. The zero-order valence-corrected chi connectivity index (χ0v) is 12.1. The van der Waals surface area contributed by atoms with Crippen molar-refractivity contribution in [1.82, 2.24) is 10.2 Å². The predicted octanol–water partition coefficient (Wildman–Crippen LogP) is 2.12. The average molecular weight is 230 g/mol. The number of nitrogens with zero attached hydrogens (tertiary/aromatic N) is 1. The number of nitrogens with one attached hydrogen (secondary N) is 1. The van der Waals surface area contributed by atoms with Crippen LogP contribution in [0, 0.1) is 0 Å². The van der Waals surface area contributed by atoms with E-state index in [4.69, 9.17) is 4.74 Å². The molecule has 0 aromatic heterocycles. The lowest BCUT2D eigenvalue weighted by molar-refractivity contribution is 0.00845. The van der Waals surface area contributed by atoms with Crippen molar-refractivity contribution in [2.75, 3.05) is 27.2 Å². The SMILES string of the molecule is COC(C)(C)CC(C)NCCN(C)C(C)C. The number of rotatable bonds is 8. The summed E-state index contributed by atoms with van der Waals surface area (Å²) in [5, 5.41) is 3.54. The highest BCUT2D eigenvalue weighted by atomic mass is 16.5. The lowest BCUT2D eigenvalue weighted by atomic mass is 10.00. The zero-order valence-electron chi connectivity index (χ0n) is 12.1. The molecular formula is C13H30N2O. The largest absolute Gasteiger partial charge is 0.379 e. The van der Waals surface area contributed by atoms with E-state index in [1.54, 1.807) is 7.11 Å². The molecule has 0 aliphatic heterocycles. The van der Waals surface area contributed by atoms with Gasteiger partial charge in [0, 0.05) is 32.3 Å². The Bertz CT molecular complexity index is 181. The van der Waals surface area contributed by atoms with Gasteiger partial charge in [-0.05, 0) is 48.1 Å². The van der Waals surface area contributed by atoms with Gasteiger partial charge in [0.25, 0.3) is 0 Å². The van der Waals surface area contributed by atoms with Crippen molar-refractivity contribution < 1.29 is 4.74 Å². The van der Waals surface area contributed by atoms with Gasteiger partial charge in [0.05, 0.1) is 5.60 Å². The van der Waals surface area contributed by atoms with Gasteiger partial charge in [0.2, 0.25) is 0 Å². The number of likely N-dealkylation sites (N-methyl/N-ethyl adjacent to an activating group) is 1. The first kappa shape index (κ1) is 15.9. The van der Waals surface area contributed by atoms with E-state index in [-0.39, 0.29) is 5.60 Å². The van der Waals surface area contributed by atoms with Crippen LogP contribution >= 0.6 is 0 Å². The van der Waals surface area contributed by atoms with Crippen molar-refractivity contribution in [3.05, 3.63) is 0 Å². The summed E-state index contributed by atoms with van der Waals surface area (Å²) < 4.78 is 5.42. The first-order chi connectivity index (χ1) is 7.28. The van der Waals surface area contributed by atoms with E-state index in [9.17, 15) is 0 Å². The minimum atomic E-state index is -0.0314. The normalized spacial score (nSPS) is 14.8. The van der Waals surface area contributed by atoms with Crippen LogP contribution in [0.4, 0.5) is 0 Å². The van der Waals surface area contributed by atoms with Crippen LogP contribution in [0.15, 0.2) is 0 Å². The molecule has 16 heavy (non-hydrogen) atoms. The second-order valence-electron chi connectivity index (χ2n) is 5.60. The molecule has 3 nitrogen and oxygen atoms in total. The van der Waals surface area contributed by atoms with Gasteiger partial charge >= 0.3 is 0 Å². The van der Waals surface area contributed by atoms with E-state index in [0.29, 0.717) is 12.1 Å². The lowest BCUT2D eigenvalue weighted by Gasteiger charge is -2.28. The molecule has 0 rings (SSSR count). The average Bonchev–Trinajstić information content (AvgIpc) is 2.16. The van der Waals surface area contributed by atoms with Crippen molar-refractivity contribution in [3.8, 4) is 0 Å². The molecule has 0 heterocycles. The summed E-state index contributed by atoms with van der Waals surface area (Å²) in [5.74, 6) is 0. The Morgan fingerprint density at radius 2 is 1.81 bits per heavy atom. The van der Waals surface area contributed by atoms with Crippen LogP contribution in [-0.2, 0) is 4.74 Å². The smallest absolute Gasteiger partial charge is 0.0637 e. The summed E-state index contributed by atoms with van der Waals surface area (Å²) in [7, 11) is 3.94. The van der Waals surface area contributed by atoms with Crippen molar-refractivity contribution in [3.63, 3.8) is 0 Å². The molecule has 1 N–H and O–H groups in total. The molecule has 0 saturated heterocycles. The second-order valence-corrected chi connectivity index (χ2v) is 5.60. The molecule has 0 bridgehead atoms. The molecule has 1 unspecified atom stereocenters. The summed E-state index contributed by atoms with van der Waals surface area (Å²) >= 11 is 0. The molecule has 0 radical (unpaired) electrons. The maximum atomic E-state index is 5.42. The van der Waals surface area contributed by atoms with Crippen molar-refractivity contribution in [2.24, 2.45) is 0 Å². The van der Waals surface area contributed by atoms with Gasteiger partial charge in [-0.2, -0.15) is 0 Å². The Balaban J connectivity index is 3.70. The van der Waals surface area contributed by atoms with Crippen LogP contribution in [0.5, 0.6) is 0 Å². The Hall–Kier alpha value is -0.120. The minimum absolute atomic E-state index is 0.0314. The van der Waals surface area contributed by atoms with E-state index in [0.717, 1.165) is 19.5 Å². The lowest BCUT2D eigenvalue weighted by Crippen LogP contribution is -2.40. The molecule has 1 atom stereocenters. The quantitative estimate of drug-likeness (QED) is 0.691. The topological polar surface area (TPSA) is 24.5 Å².